The first kappa shape index (κ1) is 16.8. The van der Waals surface area contributed by atoms with Gasteiger partial charge in [0.25, 0.3) is 0 Å². The van der Waals surface area contributed by atoms with Crippen LogP contribution in [0.2, 0.25) is 0 Å². The first-order valence-corrected chi connectivity index (χ1v) is 9.68. The predicted molar refractivity (Wildman–Crippen MR) is 96.0 cm³/mol. The van der Waals surface area contributed by atoms with Crippen LogP contribution in [0.4, 0.5) is 5.69 Å². The molecule has 0 N–H and O–H groups in total. The maximum absolute atomic E-state index is 11.3. The van der Waals surface area contributed by atoms with Gasteiger partial charge in [-0.05, 0) is 0 Å². The van der Waals surface area contributed by atoms with Crippen molar-refractivity contribution >= 4 is 45.8 Å². The zero-order valence-electron chi connectivity index (χ0n) is 12.5. The first-order chi connectivity index (χ1) is 11.6. The van der Waals surface area contributed by atoms with E-state index in [4.69, 9.17) is 0 Å². The van der Waals surface area contributed by atoms with E-state index in [0.29, 0.717) is 11.1 Å². The van der Waals surface area contributed by atoms with Crippen molar-refractivity contribution in [3.8, 4) is 0 Å². The van der Waals surface area contributed by atoms with Crippen LogP contribution in [0.3, 0.4) is 0 Å². The summed E-state index contributed by atoms with van der Waals surface area (Å²) in [6.07, 6.45) is 3.80. The molecule has 0 aliphatic carbocycles. The van der Waals surface area contributed by atoms with Crippen molar-refractivity contribution in [2.45, 2.75) is 13.0 Å². The second-order valence-electron chi connectivity index (χ2n) is 4.94. The Balaban J connectivity index is 1.87. The van der Waals surface area contributed by atoms with Gasteiger partial charge in [0.15, 0.2) is 0 Å². The van der Waals surface area contributed by atoms with Gasteiger partial charge in [-0.25, -0.2) is 0 Å². The Bertz CT molecular complexity index is 854. The Morgan fingerprint density at radius 3 is 2.71 bits per heavy atom. The fourth-order valence-corrected chi connectivity index (χ4v) is 4.81. The first-order valence-electron chi connectivity index (χ1n) is 7.17. The van der Waals surface area contributed by atoms with Gasteiger partial charge in [0.05, 0.1) is 0 Å². The summed E-state index contributed by atoms with van der Waals surface area (Å²) in [7, 11) is 0. The molecule has 0 saturated heterocycles. The second kappa shape index (κ2) is 7.70. The quantitative estimate of drug-likeness (QED) is 0.325. The van der Waals surface area contributed by atoms with Crippen LogP contribution in [0.5, 0.6) is 0 Å². The van der Waals surface area contributed by atoms with Crippen molar-refractivity contribution in [1.29, 1.82) is 0 Å². The number of rotatable bonds is 6. The number of hydrogen-bond donors (Lipinski definition) is 0. The molecule has 2 aromatic heterocycles. The summed E-state index contributed by atoms with van der Waals surface area (Å²) in [5, 5.41) is 15.5. The fraction of sp³-hybridized carbons (Fsp3) is 0.125. The van der Waals surface area contributed by atoms with E-state index in [0.717, 1.165) is 15.5 Å². The van der Waals surface area contributed by atoms with E-state index >= 15 is 0 Å². The van der Waals surface area contributed by atoms with Crippen molar-refractivity contribution in [2.24, 2.45) is 0 Å². The van der Waals surface area contributed by atoms with E-state index in [2.05, 4.69) is 26.0 Å². The second-order valence-corrected chi connectivity index (χ2v) is 7.85. The van der Waals surface area contributed by atoms with Gasteiger partial charge in [0.2, 0.25) is 0 Å². The van der Waals surface area contributed by atoms with Crippen LogP contribution in [0, 0.1) is 10.1 Å². The van der Waals surface area contributed by atoms with E-state index in [1.165, 1.54) is 11.8 Å². The third-order valence-corrected chi connectivity index (χ3v) is 6.95. The van der Waals surface area contributed by atoms with Crippen LogP contribution in [0.15, 0.2) is 59.3 Å². The topological polar surface area (TPSA) is 73.8 Å². The van der Waals surface area contributed by atoms with Gasteiger partial charge < -0.3 is 0 Å². The average molecular weight is 452 g/mol. The maximum atomic E-state index is 11.3. The molecule has 8 heteroatoms. The van der Waals surface area contributed by atoms with Crippen molar-refractivity contribution < 1.29 is 4.92 Å². The molecule has 3 rings (SSSR count). The van der Waals surface area contributed by atoms with Crippen LogP contribution in [0.1, 0.15) is 5.56 Å². The standard InChI is InChI=1S/C16H13BrN4O2Se/c17-13-7-4-9-18-15(13)24-16-14(21(22)23)11-19-20(16)10-8-12-5-2-1-3-6-12/h1-7,9,11H,8,10H2. The van der Waals surface area contributed by atoms with Gasteiger partial charge in [-0.1, -0.05) is 0 Å². The number of hydrogen-bond acceptors (Lipinski definition) is 4. The molecular weight excluding hydrogens is 439 g/mol. The van der Waals surface area contributed by atoms with Crippen LogP contribution in [0.25, 0.3) is 0 Å². The average Bonchev–Trinajstić information content (AvgIpc) is 2.99. The number of nitro groups is 1. The molecule has 0 spiro atoms. The SMILES string of the molecule is O=[N+]([O-])c1cnn(CCc2ccccc2)c1[Se]c1ncccc1Br. The molecule has 0 radical (unpaired) electrons. The molecule has 0 amide bonds. The van der Waals surface area contributed by atoms with Gasteiger partial charge >= 0.3 is 153 Å². The van der Waals surface area contributed by atoms with Crippen molar-refractivity contribution in [3.63, 3.8) is 0 Å². The van der Waals surface area contributed by atoms with Gasteiger partial charge in [0, 0.05) is 0 Å². The Morgan fingerprint density at radius 1 is 1.21 bits per heavy atom. The Kier molecular flexibility index (Phi) is 5.40. The van der Waals surface area contributed by atoms with Crippen LogP contribution in [-0.4, -0.2) is 34.6 Å². The third kappa shape index (κ3) is 3.90. The number of pyridine rings is 1. The van der Waals surface area contributed by atoms with Crippen LogP contribution >= 0.6 is 15.9 Å². The predicted octanol–water partition coefficient (Wildman–Crippen LogP) is 1.85. The number of benzene rings is 1. The molecule has 0 atom stereocenters. The van der Waals surface area contributed by atoms with Gasteiger partial charge in [0.1, 0.15) is 0 Å². The van der Waals surface area contributed by atoms with E-state index < -0.39 is 0 Å². The van der Waals surface area contributed by atoms with Crippen LogP contribution in [-0.2, 0) is 13.0 Å². The van der Waals surface area contributed by atoms with Crippen molar-refractivity contribution in [3.05, 3.63) is 75.0 Å². The fourth-order valence-electron chi connectivity index (χ4n) is 2.17. The summed E-state index contributed by atoms with van der Waals surface area (Å²) in [4.78, 5) is 15.3. The minimum absolute atomic E-state index is 0.0561. The summed E-state index contributed by atoms with van der Waals surface area (Å²) >= 11 is 3.15. The zero-order valence-corrected chi connectivity index (χ0v) is 15.8. The van der Waals surface area contributed by atoms with Crippen molar-refractivity contribution in [2.75, 3.05) is 0 Å². The Labute approximate surface area is 153 Å². The third-order valence-electron chi connectivity index (χ3n) is 3.34. The Hall–Kier alpha value is -2.02. The van der Waals surface area contributed by atoms with E-state index in [9.17, 15) is 10.1 Å². The molecule has 0 bridgehead atoms. The summed E-state index contributed by atoms with van der Waals surface area (Å²) in [6, 6.07) is 13.7. The summed E-state index contributed by atoms with van der Waals surface area (Å²) < 4.78 is 4.03. The number of aryl methyl sites for hydroxylation is 2. The molecule has 0 fully saturated rings. The van der Waals surface area contributed by atoms with Crippen molar-refractivity contribution in [1.82, 2.24) is 14.8 Å². The number of halogens is 1. The molecule has 0 saturated carbocycles. The molecule has 3 aromatic rings. The molecule has 0 aliphatic heterocycles. The summed E-state index contributed by atoms with van der Waals surface area (Å²) in [5.41, 5.74) is 1.23. The summed E-state index contributed by atoms with van der Waals surface area (Å²) in [5.74, 6) is 0. The summed E-state index contributed by atoms with van der Waals surface area (Å²) in [6.45, 7) is 0.597. The molecule has 2 heterocycles. The molecule has 1 aromatic carbocycles. The molecule has 24 heavy (non-hydrogen) atoms. The molecule has 6 nitrogen and oxygen atoms in total. The number of nitrogens with zero attached hydrogens (tertiary/aromatic N) is 4. The Morgan fingerprint density at radius 2 is 2.00 bits per heavy atom. The van der Waals surface area contributed by atoms with Gasteiger partial charge in [-0.2, -0.15) is 0 Å². The molecule has 122 valence electrons. The van der Waals surface area contributed by atoms with Gasteiger partial charge in [-0.3, -0.25) is 0 Å². The van der Waals surface area contributed by atoms with Gasteiger partial charge in [-0.15, -0.1) is 0 Å². The normalized spacial score (nSPS) is 10.7. The molecule has 0 unspecified atom stereocenters. The minimum atomic E-state index is -0.375. The molecular formula is C16H13BrN4O2Se. The monoisotopic (exact) mass is 452 g/mol. The molecule has 0 aliphatic rings. The zero-order chi connectivity index (χ0) is 16.9. The number of aromatic nitrogens is 3. The van der Waals surface area contributed by atoms with E-state index in [-0.39, 0.29) is 25.6 Å². The van der Waals surface area contributed by atoms with Crippen LogP contribution < -0.4 is 9.18 Å². The van der Waals surface area contributed by atoms with E-state index in [1.54, 1.807) is 10.9 Å². The van der Waals surface area contributed by atoms with E-state index in [1.807, 2.05) is 42.5 Å².